The molecule has 0 aliphatic rings. The predicted octanol–water partition coefficient (Wildman–Crippen LogP) is -0.821. The number of hydrogen-bond donors (Lipinski definition) is 0. The zero-order valence-electron chi connectivity index (χ0n) is 0.908. The van der Waals surface area contributed by atoms with Crippen LogP contribution in [0.1, 0.15) is 7.43 Å². The van der Waals surface area contributed by atoms with Gasteiger partial charge in [0.15, 0.2) is 0 Å². The van der Waals surface area contributed by atoms with Gasteiger partial charge in [-0.05, 0) is 11.0 Å². The number of rotatable bonds is 0. The fraction of sp³-hybridized carbons (Fsp3) is 1.00. The Morgan fingerprint density at radius 1 is 1.00 bits per heavy atom. The first-order valence-corrected chi connectivity index (χ1v) is 0. The minimum absolute atomic E-state index is 0. The molecule has 0 aromatic heterocycles. The van der Waals surface area contributed by atoms with Gasteiger partial charge in [-0.2, -0.15) is 0 Å². The summed E-state index contributed by atoms with van der Waals surface area (Å²) in [4.78, 5) is 0. The largest absolute Gasteiger partial charge is 0.0776 e. The summed E-state index contributed by atoms with van der Waals surface area (Å²) in [5.74, 6) is 0. The molecular formula is CH8SiTiW. The fourth-order valence-electron chi connectivity index (χ4n) is 0. The van der Waals surface area contributed by atoms with Crippen molar-refractivity contribution in [2.24, 2.45) is 0 Å². The Morgan fingerprint density at radius 2 is 1.00 bits per heavy atom. The monoisotopic (exact) mass is 280 g/mol. The normalized spacial score (nSPS) is 0. The van der Waals surface area contributed by atoms with Crippen LogP contribution >= 0.6 is 0 Å². The van der Waals surface area contributed by atoms with Crippen molar-refractivity contribution in [1.29, 1.82) is 0 Å². The maximum atomic E-state index is 0. The van der Waals surface area contributed by atoms with Gasteiger partial charge in [-0.3, -0.25) is 0 Å². The van der Waals surface area contributed by atoms with Crippen LogP contribution in [0.3, 0.4) is 0 Å². The molecule has 0 rings (SSSR count). The second-order valence-electron chi connectivity index (χ2n) is 0. The van der Waals surface area contributed by atoms with Crippen molar-refractivity contribution in [3.8, 4) is 0 Å². The Hall–Kier alpha value is 1.62. The first-order chi connectivity index (χ1) is 0. The second-order valence-corrected chi connectivity index (χ2v) is 0. The zero-order chi connectivity index (χ0) is 0. The van der Waals surface area contributed by atoms with E-state index in [1.54, 1.807) is 0 Å². The maximum absolute atomic E-state index is 0. The van der Waals surface area contributed by atoms with Gasteiger partial charge in [-0.1, -0.05) is 7.43 Å². The Bertz CT molecular complexity index is 8.00. The molecule has 0 aliphatic heterocycles. The van der Waals surface area contributed by atoms with Crippen LogP contribution < -0.4 is 0 Å². The van der Waals surface area contributed by atoms with Crippen LogP contribution in [-0.4, -0.2) is 11.0 Å². The first-order valence-electron chi connectivity index (χ1n) is 0. The van der Waals surface area contributed by atoms with Crippen LogP contribution in [0.25, 0.3) is 0 Å². The van der Waals surface area contributed by atoms with E-state index in [1.807, 2.05) is 0 Å². The molecule has 0 saturated heterocycles. The van der Waals surface area contributed by atoms with Crippen molar-refractivity contribution in [2.45, 2.75) is 7.43 Å². The van der Waals surface area contributed by atoms with Gasteiger partial charge in [-0.25, -0.2) is 0 Å². The van der Waals surface area contributed by atoms with E-state index in [2.05, 4.69) is 0 Å². The molecule has 26 valence electrons. The van der Waals surface area contributed by atoms with E-state index in [9.17, 15) is 0 Å². The van der Waals surface area contributed by atoms with E-state index in [0.717, 1.165) is 0 Å². The standard InChI is InChI=1S/CH4.H4Si.Ti.W/h2*1H4;;. The van der Waals surface area contributed by atoms with Crippen LogP contribution in [0.5, 0.6) is 0 Å². The minimum atomic E-state index is 0. The van der Waals surface area contributed by atoms with E-state index in [4.69, 9.17) is 0 Å². The Labute approximate surface area is 60.9 Å². The third-order valence-electron chi connectivity index (χ3n) is 0. The van der Waals surface area contributed by atoms with Crippen LogP contribution in [0, 0.1) is 0 Å². The molecule has 4 heavy (non-hydrogen) atoms. The Morgan fingerprint density at radius 3 is 1.00 bits per heavy atom. The van der Waals surface area contributed by atoms with Crippen molar-refractivity contribution < 1.29 is 42.8 Å². The quantitative estimate of drug-likeness (QED) is 0.509. The summed E-state index contributed by atoms with van der Waals surface area (Å²) >= 11 is 0. The van der Waals surface area contributed by atoms with Crippen molar-refractivity contribution >= 4 is 11.0 Å². The fourth-order valence-corrected chi connectivity index (χ4v) is 0. The van der Waals surface area contributed by atoms with E-state index < -0.39 is 0 Å². The van der Waals surface area contributed by atoms with Gasteiger partial charge in [0.1, 0.15) is 0 Å². The first kappa shape index (κ1) is 45.7. The second kappa shape index (κ2) is 23.1. The minimum Gasteiger partial charge on any atom is -0.0776 e. The van der Waals surface area contributed by atoms with Crippen LogP contribution in [0.15, 0.2) is 0 Å². The van der Waals surface area contributed by atoms with Gasteiger partial charge in [0.05, 0.1) is 0 Å². The molecule has 0 spiro atoms. The number of hydrogen-bond acceptors (Lipinski definition) is 0. The van der Waals surface area contributed by atoms with Gasteiger partial charge < -0.3 is 0 Å². The summed E-state index contributed by atoms with van der Waals surface area (Å²) in [5.41, 5.74) is 0. The molecule has 0 heterocycles. The van der Waals surface area contributed by atoms with Crippen LogP contribution in [0.4, 0.5) is 0 Å². The average molecular weight is 280 g/mol. The summed E-state index contributed by atoms with van der Waals surface area (Å²) in [6.45, 7) is 0. The molecule has 0 aromatic carbocycles. The zero-order valence-corrected chi connectivity index (χ0v) is 5.40. The summed E-state index contributed by atoms with van der Waals surface area (Å²) in [5, 5.41) is 0. The molecule has 0 nitrogen and oxygen atoms in total. The van der Waals surface area contributed by atoms with E-state index in [0.29, 0.717) is 0 Å². The molecule has 3 heteroatoms. The topological polar surface area (TPSA) is 0 Å². The van der Waals surface area contributed by atoms with E-state index in [1.165, 1.54) is 0 Å². The van der Waals surface area contributed by atoms with Crippen molar-refractivity contribution in [3.05, 3.63) is 0 Å². The van der Waals surface area contributed by atoms with E-state index >= 15 is 0 Å². The van der Waals surface area contributed by atoms with Crippen molar-refractivity contribution in [1.82, 2.24) is 0 Å². The molecule has 0 aromatic rings. The van der Waals surface area contributed by atoms with Crippen LogP contribution in [0.2, 0.25) is 0 Å². The summed E-state index contributed by atoms with van der Waals surface area (Å²) < 4.78 is 0. The smallest absolute Gasteiger partial charge is 0 e. The molecule has 0 aliphatic carbocycles. The van der Waals surface area contributed by atoms with Crippen molar-refractivity contribution in [2.75, 3.05) is 0 Å². The Balaban J connectivity index is 0. The molecule has 0 atom stereocenters. The third kappa shape index (κ3) is 9.47. The molecule has 0 fully saturated rings. The van der Waals surface area contributed by atoms with Crippen molar-refractivity contribution in [3.63, 3.8) is 0 Å². The molecule has 0 unspecified atom stereocenters. The SMILES string of the molecule is C.[SiH4].[Ti].[W]. The van der Waals surface area contributed by atoms with Gasteiger partial charge in [0.2, 0.25) is 0 Å². The van der Waals surface area contributed by atoms with Gasteiger partial charge in [0, 0.05) is 42.8 Å². The molecule has 0 N–H and O–H groups in total. The summed E-state index contributed by atoms with van der Waals surface area (Å²) in [6.07, 6.45) is 0. The molecule has 0 saturated carbocycles. The average Bonchev–Trinajstić information content (AvgIpc) is 0. The molecule has 0 radical (unpaired) electrons. The summed E-state index contributed by atoms with van der Waals surface area (Å²) in [7, 11) is 0. The van der Waals surface area contributed by atoms with Crippen LogP contribution in [-0.2, 0) is 42.8 Å². The predicted molar refractivity (Wildman–Crippen MR) is 18.1 cm³/mol. The third-order valence-corrected chi connectivity index (χ3v) is 0. The van der Waals surface area contributed by atoms with Gasteiger partial charge in [-0.15, -0.1) is 0 Å². The molecule has 0 amide bonds. The maximum Gasteiger partial charge on any atom is 0 e. The molecule has 0 bridgehead atoms. The van der Waals surface area contributed by atoms with E-state index in [-0.39, 0.29) is 61.2 Å². The summed E-state index contributed by atoms with van der Waals surface area (Å²) in [6, 6.07) is 0. The Kier molecular flexibility index (Phi) is 264. The molecular weight excluding hydrogens is 272 g/mol. The van der Waals surface area contributed by atoms with Gasteiger partial charge in [0.25, 0.3) is 0 Å². The van der Waals surface area contributed by atoms with Gasteiger partial charge >= 0.3 is 0 Å².